The Kier molecular flexibility index (Phi) is 7.64. The molecule has 0 radical (unpaired) electrons. The lowest BCUT2D eigenvalue weighted by molar-refractivity contribution is 0.670. The van der Waals surface area contributed by atoms with Crippen molar-refractivity contribution in [3.05, 3.63) is 188 Å². The van der Waals surface area contributed by atoms with E-state index < -0.39 is 0 Å². The minimum Gasteiger partial charge on any atom is -0.455 e. The largest absolute Gasteiger partial charge is 0.455 e. The third-order valence-electron chi connectivity index (χ3n) is 10.6. The first kappa shape index (κ1) is 32.2. The number of para-hydroxylation sites is 1. The van der Waals surface area contributed by atoms with E-state index in [4.69, 9.17) is 19.4 Å². The second-order valence-corrected chi connectivity index (χ2v) is 15.0. The number of hydrogen-bond donors (Lipinski definition) is 0. The van der Waals surface area contributed by atoms with Crippen molar-refractivity contribution >= 4 is 53.4 Å². The molecule has 3 heterocycles. The van der Waals surface area contributed by atoms with Crippen molar-refractivity contribution in [3.63, 3.8) is 0 Å². The molecule has 4 nitrogen and oxygen atoms in total. The summed E-state index contributed by atoms with van der Waals surface area (Å²) in [5.74, 6) is 1.83. The van der Waals surface area contributed by atoms with Gasteiger partial charge in [-0.05, 0) is 40.5 Å². The second-order valence-electron chi connectivity index (χ2n) is 13.9. The van der Waals surface area contributed by atoms with Crippen molar-refractivity contribution in [2.75, 3.05) is 0 Å². The van der Waals surface area contributed by atoms with Crippen molar-refractivity contribution in [2.45, 2.75) is 0 Å². The van der Waals surface area contributed by atoms with Gasteiger partial charge >= 0.3 is 0 Å². The molecule has 0 aliphatic heterocycles. The SMILES string of the molecule is c1ccc(-c2ccc(-c3nc(-c4ccccc4)nc(-c4ccc5c(c4)oc4c(-c6ccccc6-c6cccc7c6sc6ccccc67)cccc45)n3)cc2)cc1. The first-order valence-electron chi connectivity index (χ1n) is 18.7. The van der Waals surface area contributed by atoms with E-state index >= 15 is 0 Å². The highest BCUT2D eigenvalue weighted by molar-refractivity contribution is 7.26. The third-order valence-corrected chi connectivity index (χ3v) is 11.8. The molecular weight excluding hydrogens is 703 g/mol. The van der Waals surface area contributed by atoms with Gasteiger partial charge in [0.05, 0.1) is 0 Å². The minimum atomic E-state index is 0.588. The van der Waals surface area contributed by atoms with E-state index in [9.17, 15) is 0 Å². The Morgan fingerprint density at radius 2 is 0.839 bits per heavy atom. The number of thiophene rings is 1. The third kappa shape index (κ3) is 5.48. The lowest BCUT2D eigenvalue weighted by atomic mass is 9.92. The molecule has 0 saturated carbocycles. The summed E-state index contributed by atoms with van der Waals surface area (Å²) in [4.78, 5) is 15.0. The summed E-state index contributed by atoms with van der Waals surface area (Å²) in [7, 11) is 0. The van der Waals surface area contributed by atoms with Crippen LogP contribution >= 0.6 is 11.3 Å². The Morgan fingerprint density at radius 3 is 1.59 bits per heavy atom. The van der Waals surface area contributed by atoms with E-state index in [2.05, 4.69) is 152 Å². The lowest BCUT2D eigenvalue weighted by Gasteiger charge is -2.11. The highest BCUT2D eigenvalue weighted by Gasteiger charge is 2.19. The van der Waals surface area contributed by atoms with Crippen LogP contribution in [0.4, 0.5) is 0 Å². The van der Waals surface area contributed by atoms with Gasteiger partial charge in [0.1, 0.15) is 11.2 Å². The van der Waals surface area contributed by atoms with E-state index in [0.29, 0.717) is 17.5 Å². The van der Waals surface area contributed by atoms with Crippen molar-refractivity contribution in [1.82, 2.24) is 15.0 Å². The number of benzene rings is 8. The van der Waals surface area contributed by atoms with Gasteiger partial charge in [-0.15, -0.1) is 11.3 Å². The summed E-state index contributed by atoms with van der Waals surface area (Å²) in [6.45, 7) is 0. The Hall–Kier alpha value is -7.21. The van der Waals surface area contributed by atoms with Crippen LogP contribution in [0.1, 0.15) is 0 Å². The van der Waals surface area contributed by atoms with Crippen LogP contribution in [0.15, 0.2) is 192 Å². The fourth-order valence-corrected chi connectivity index (χ4v) is 9.08. The maximum atomic E-state index is 6.84. The van der Waals surface area contributed by atoms with Crippen LogP contribution in [0, 0.1) is 0 Å². The standard InChI is InChI=1S/C51H31N3OS/c1-3-13-32(14-4-1)33-25-27-35(28-26-33)50-52-49(34-15-5-2-6-16-34)53-51(54-50)36-29-30-39-42-21-11-20-41(47(42)55-45(39)31-36)37-17-7-8-18-38(37)43-22-12-23-44-40-19-9-10-24-46(40)56-48(43)44/h1-31H. The van der Waals surface area contributed by atoms with Gasteiger partial charge in [0, 0.05) is 58.8 Å². The molecule has 0 aliphatic rings. The second kappa shape index (κ2) is 13.3. The van der Waals surface area contributed by atoms with Crippen LogP contribution in [0.3, 0.4) is 0 Å². The van der Waals surface area contributed by atoms with E-state index in [1.54, 1.807) is 0 Å². The molecule has 5 heteroatoms. The summed E-state index contributed by atoms with van der Waals surface area (Å²) in [5.41, 5.74) is 11.3. The molecule has 0 amide bonds. The highest BCUT2D eigenvalue weighted by atomic mass is 32.1. The molecule has 11 aromatic rings. The molecule has 11 rings (SSSR count). The summed E-state index contributed by atoms with van der Waals surface area (Å²) < 4.78 is 9.43. The molecule has 0 aliphatic carbocycles. The number of nitrogens with zero attached hydrogens (tertiary/aromatic N) is 3. The van der Waals surface area contributed by atoms with Gasteiger partial charge in [-0.1, -0.05) is 170 Å². The number of hydrogen-bond acceptors (Lipinski definition) is 5. The Bertz CT molecular complexity index is 3240. The molecule has 0 atom stereocenters. The first-order valence-corrected chi connectivity index (χ1v) is 19.5. The first-order chi connectivity index (χ1) is 27.7. The molecule has 56 heavy (non-hydrogen) atoms. The maximum Gasteiger partial charge on any atom is 0.164 e. The molecule has 0 bridgehead atoms. The van der Waals surface area contributed by atoms with Gasteiger partial charge in [0.2, 0.25) is 0 Å². The van der Waals surface area contributed by atoms with Gasteiger partial charge in [-0.3, -0.25) is 0 Å². The van der Waals surface area contributed by atoms with Crippen LogP contribution in [0.25, 0.3) is 110 Å². The molecule has 262 valence electrons. The van der Waals surface area contributed by atoms with Crippen molar-refractivity contribution in [1.29, 1.82) is 0 Å². The molecule has 0 N–H and O–H groups in total. The molecular formula is C51H31N3OS. The highest BCUT2D eigenvalue weighted by Crippen LogP contribution is 2.45. The van der Waals surface area contributed by atoms with Gasteiger partial charge in [-0.2, -0.15) is 0 Å². The number of furan rings is 1. The Labute approximate surface area is 327 Å². The van der Waals surface area contributed by atoms with Crippen molar-refractivity contribution in [2.24, 2.45) is 0 Å². The summed E-state index contributed by atoms with van der Waals surface area (Å²) in [6.07, 6.45) is 0. The molecule has 0 fully saturated rings. The van der Waals surface area contributed by atoms with Gasteiger partial charge in [0.15, 0.2) is 17.5 Å². The van der Waals surface area contributed by atoms with E-state index in [-0.39, 0.29) is 0 Å². The zero-order valence-electron chi connectivity index (χ0n) is 30.1. The van der Waals surface area contributed by atoms with Crippen molar-refractivity contribution in [3.8, 4) is 67.5 Å². The molecule has 8 aromatic carbocycles. The van der Waals surface area contributed by atoms with Gasteiger partial charge in [0.25, 0.3) is 0 Å². The molecule has 3 aromatic heterocycles. The van der Waals surface area contributed by atoms with E-state index in [1.165, 1.54) is 36.9 Å². The lowest BCUT2D eigenvalue weighted by Crippen LogP contribution is -2.00. The predicted octanol–water partition coefficient (Wildman–Crippen LogP) is 14.1. The van der Waals surface area contributed by atoms with Crippen LogP contribution in [0.2, 0.25) is 0 Å². The molecule has 0 unspecified atom stereocenters. The summed E-state index contributed by atoms with van der Waals surface area (Å²) >= 11 is 1.85. The average molecular weight is 734 g/mol. The number of aromatic nitrogens is 3. The van der Waals surface area contributed by atoms with Crippen LogP contribution in [-0.2, 0) is 0 Å². The summed E-state index contributed by atoms with van der Waals surface area (Å²) in [5, 5.41) is 4.69. The van der Waals surface area contributed by atoms with Gasteiger partial charge in [-0.25, -0.2) is 15.0 Å². The van der Waals surface area contributed by atoms with Crippen LogP contribution < -0.4 is 0 Å². The molecule has 0 spiro atoms. The topological polar surface area (TPSA) is 51.8 Å². The number of rotatable bonds is 6. The minimum absolute atomic E-state index is 0.588. The maximum absolute atomic E-state index is 6.84. The monoisotopic (exact) mass is 733 g/mol. The average Bonchev–Trinajstić information content (AvgIpc) is 3.85. The predicted molar refractivity (Wildman–Crippen MR) is 233 cm³/mol. The number of fused-ring (bicyclic) bond motifs is 6. The Morgan fingerprint density at radius 1 is 0.339 bits per heavy atom. The zero-order chi connectivity index (χ0) is 37.0. The quantitative estimate of drug-likeness (QED) is 0.171. The van der Waals surface area contributed by atoms with Crippen molar-refractivity contribution < 1.29 is 4.42 Å². The molecule has 0 saturated heterocycles. The van der Waals surface area contributed by atoms with E-state index in [1.807, 2.05) is 47.7 Å². The van der Waals surface area contributed by atoms with Crippen LogP contribution in [-0.4, -0.2) is 15.0 Å². The van der Waals surface area contributed by atoms with Crippen LogP contribution in [0.5, 0.6) is 0 Å². The zero-order valence-corrected chi connectivity index (χ0v) is 30.9. The fraction of sp³-hybridized carbons (Fsp3) is 0. The van der Waals surface area contributed by atoms with E-state index in [0.717, 1.165) is 55.3 Å². The van der Waals surface area contributed by atoms with Gasteiger partial charge < -0.3 is 4.42 Å². The normalized spacial score (nSPS) is 11.6. The Balaban J connectivity index is 1.03. The smallest absolute Gasteiger partial charge is 0.164 e. The summed E-state index contributed by atoms with van der Waals surface area (Å²) in [6, 6.07) is 65.6. The fourth-order valence-electron chi connectivity index (χ4n) is 7.85.